The molecule has 0 saturated carbocycles. The Kier molecular flexibility index (Phi) is 5.03. The van der Waals surface area contributed by atoms with E-state index in [-0.39, 0.29) is 23.9 Å². The van der Waals surface area contributed by atoms with Crippen LogP contribution in [0.15, 0.2) is 30.6 Å². The molecule has 1 fully saturated rings. The Labute approximate surface area is 146 Å². The molecule has 1 aromatic heterocycles. The molecule has 1 saturated heterocycles. The molecule has 1 unspecified atom stereocenters. The maximum absolute atomic E-state index is 13.8. The average molecular weight is 346 g/mol. The minimum absolute atomic E-state index is 0.277. The summed E-state index contributed by atoms with van der Waals surface area (Å²) in [4.78, 5) is 18.6. The number of aliphatic hydroxyl groups is 1. The summed E-state index contributed by atoms with van der Waals surface area (Å²) in [6.07, 6.45) is 4.36. The van der Waals surface area contributed by atoms with E-state index < -0.39 is 0 Å². The van der Waals surface area contributed by atoms with E-state index in [9.17, 15) is 14.3 Å². The molecule has 1 amide bonds. The van der Waals surface area contributed by atoms with Crippen molar-refractivity contribution in [2.75, 3.05) is 18.0 Å². The van der Waals surface area contributed by atoms with Crippen LogP contribution in [0.2, 0.25) is 0 Å². The van der Waals surface area contributed by atoms with Gasteiger partial charge in [0.1, 0.15) is 5.82 Å². The number of rotatable bonds is 4. The molecule has 1 aromatic carbocycles. The van der Waals surface area contributed by atoms with E-state index >= 15 is 0 Å². The van der Waals surface area contributed by atoms with Gasteiger partial charge in [-0.1, -0.05) is 0 Å². The number of amides is 1. The summed E-state index contributed by atoms with van der Waals surface area (Å²) in [5.41, 5.74) is 1.61. The highest BCUT2D eigenvalue weighted by atomic mass is 19.1. The van der Waals surface area contributed by atoms with Crippen molar-refractivity contribution in [3.8, 4) is 0 Å². The van der Waals surface area contributed by atoms with Crippen LogP contribution in [0.1, 0.15) is 42.0 Å². The van der Waals surface area contributed by atoms with Crippen molar-refractivity contribution in [3.05, 3.63) is 47.8 Å². The number of carbonyl (C=O) groups excluding carboxylic acids is 1. The van der Waals surface area contributed by atoms with Crippen LogP contribution in [0.25, 0.3) is 0 Å². The molecule has 2 N–H and O–H groups in total. The van der Waals surface area contributed by atoms with Crippen LogP contribution in [-0.4, -0.2) is 39.8 Å². The van der Waals surface area contributed by atoms with Gasteiger partial charge >= 0.3 is 0 Å². The summed E-state index contributed by atoms with van der Waals surface area (Å²) in [6.45, 7) is 3.25. The fourth-order valence-corrected chi connectivity index (χ4v) is 3.19. The lowest BCUT2D eigenvalue weighted by Crippen LogP contribution is -2.37. The summed E-state index contributed by atoms with van der Waals surface area (Å²) in [6, 6.07) is 4.26. The summed E-state index contributed by atoms with van der Waals surface area (Å²) in [7, 11) is 1.75. The zero-order valence-corrected chi connectivity index (χ0v) is 14.4. The van der Waals surface area contributed by atoms with E-state index in [1.807, 2.05) is 6.92 Å². The van der Waals surface area contributed by atoms with Crippen LogP contribution in [0, 0.1) is 5.82 Å². The molecule has 1 aliphatic rings. The molecular weight excluding hydrogens is 323 g/mol. The highest BCUT2D eigenvalue weighted by Gasteiger charge is 2.23. The monoisotopic (exact) mass is 346 g/mol. The minimum atomic E-state index is -0.373. The topological polar surface area (TPSA) is 70.4 Å². The number of nitrogens with one attached hydrogen (secondary N) is 1. The number of aromatic nitrogens is 2. The third kappa shape index (κ3) is 3.82. The molecule has 2 aromatic rings. The molecule has 134 valence electrons. The van der Waals surface area contributed by atoms with Crippen molar-refractivity contribution in [2.45, 2.75) is 31.9 Å². The Balaban J connectivity index is 1.81. The average Bonchev–Trinajstić information content (AvgIpc) is 3.02. The van der Waals surface area contributed by atoms with Crippen LogP contribution < -0.4 is 10.2 Å². The highest BCUT2D eigenvalue weighted by molar-refractivity contribution is 5.91. The molecule has 1 aliphatic heterocycles. The third-order valence-electron chi connectivity index (χ3n) is 4.63. The fraction of sp³-hybridized carbons (Fsp3) is 0.444. The third-order valence-corrected chi connectivity index (χ3v) is 4.63. The molecule has 0 aliphatic carbocycles. The van der Waals surface area contributed by atoms with E-state index in [0.29, 0.717) is 31.8 Å². The molecule has 2 heterocycles. The van der Waals surface area contributed by atoms with E-state index in [2.05, 4.69) is 15.2 Å². The smallest absolute Gasteiger partial charge is 0.287 e. The molecule has 0 radical (unpaired) electrons. The Morgan fingerprint density at radius 2 is 2.12 bits per heavy atom. The van der Waals surface area contributed by atoms with Crippen molar-refractivity contribution in [1.29, 1.82) is 0 Å². The molecule has 6 nitrogen and oxygen atoms in total. The Morgan fingerprint density at radius 3 is 2.76 bits per heavy atom. The first-order chi connectivity index (χ1) is 12.0. The number of carbonyl (C=O) groups is 1. The zero-order valence-electron chi connectivity index (χ0n) is 14.4. The van der Waals surface area contributed by atoms with Crippen molar-refractivity contribution >= 4 is 11.6 Å². The number of hydrogen-bond acceptors (Lipinski definition) is 4. The number of nitrogens with zero attached hydrogens (tertiary/aromatic N) is 3. The summed E-state index contributed by atoms with van der Waals surface area (Å²) < 4.78 is 15.5. The highest BCUT2D eigenvalue weighted by Crippen LogP contribution is 2.29. The second kappa shape index (κ2) is 7.23. The SMILES string of the molecule is CC(NC(=O)c1nccn1C)c1cc(F)ccc1N1CCC(O)CC1. The number of halogens is 1. The quantitative estimate of drug-likeness (QED) is 0.888. The maximum Gasteiger partial charge on any atom is 0.287 e. The van der Waals surface area contributed by atoms with Gasteiger partial charge < -0.3 is 19.9 Å². The fourth-order valence-electron chi connectivity index (χ4n) is 3.19. The van der Waals surface area contributed by atoms with Crippen LogP contribution in [-0.2, 0) is 7.05 Å². The number of anilines is 1. The number of aliphatic hydroxyl groups excluding tert-OH is 1. The van der Waals surface area contributed by atoms with Crippen molar-refractivity contribution < 1.29 is 14.3 Å². The van der Waals surface area contributed by atoms with Crippen LogP contribution in [0.3, 0.4) is 0 Å². The number of aryl methyl sites for hydroxylation is 1. The first kappa shape index (κ1) is 17.4. The van der Waals surface area contributed by atoms with Gasteiger partial charge in [0.05, 0.1) is 12.1 Å². The van der Waals surface area contributed by atoms with Crippen molar-refractivity contribution in [2.24, 2.45) is 7.05 Å². The lowest BCUT2D eigenvalue weighted by Gasteiger charge is -2.34. The van der Waals surface area contributed by atoms with Gasteiger partial charge in [-0.3, -0.25) is 4.79 Å². The van der Waals surface area contributed by atoms with Gasteiger partial charge in [-0.25, -0.2) is 9.37 Å². The second-order valence-electron chi connectivity index (χ2n) is 6.48. The van der Waals surface area contributed by atoms with Crippen LogP contribution in [0.4, 0.5) is 10.1 Å². The maximum atomic E-state index is 13.8. The molecule has 0 bridgehead atoms. The summed E-state index contributed by atoms with van der Waals surface area (Å²) in [5.74, 6) is -0.330. The molecule has 7 heteroatoms. The zero-order chi connectivity index (χ0) is 18.0. The van der Waals surface area contributed by atoms with Gasteiger partial charge in [0.15, 0.2) is 5.82 Å². The van der Waals surface area contributed by atoms with Gasteiger partial charge in [-0.05, 0) is 38.0 Å². The van der Waals surface area contributed by atoms with Crippen molar-refractivity contribution in [3.63, 3.8) is 0 Å². The predicted octanol–water partition coefficient (Wildman–Crippen LogP) is 2.01. The first-order valence-electron chi connectivity index (χ1n) is 8.46. The number of hydrogen-bond donors (Lipinski definition) is 2. The van der Waals surface area contributed by atoms with E-state index in [1.165, 1.54) is 12.1 Å². The second-order valence-corrected chi connectivity index (χ2v) is 6.48. The lowest BCUT2D eigenvalue weighted by atomic mass is 10.0. The Hall–Kier alpha value is -2.41. The predicted molar refractivity (Wildman–Crippen MR) is 92.9 cm³/mol. The summed E-state index contributed by atoms with van der Waals surface area (Å²) in [5, 5.41) is 12.6. The van der Waals surface area contributed by atoms with E-state index in [1.54, 1.807) is 30.1 Å². The largest absolute Gasteiger partial charge is 0.393 e. The Bertz CT molecular complexity index is 753. The van der Waals surface area contributed by atoms with Gasteiger partial charge in [0, 0.05) is 43.8 Å². The normalized spacial score (nSPS) is 16.7. The Morgan fingerprint density at radius 1 is 1.40 bits per heavy atom. The van der Waals surface area contributed by atoms with Gasteiger partial charge in [0.25, 0.3) is 5.91 Å². The van der Waals surface area contributed by atoms with Crippen LogP contribution >= 0.6 is 0 Å². The van der Waals surface area contributed by atoms with Crippen LogP contribution in [0.5, 0.6) is 0 Å². The molecule has 0 spiro atoms. The van der Waals surface area contributed by atoms with E-state index in [4.69, 9.17) is 0 Å². The molecule has 3 rings (SSSR count). The number of benzene rings is 1. The molecule has 25 heavy (non-hydrogen) atoms. The minimum Gasteiger partial charge on any atom is -0.393 e. The van der Waals surface area contributed by atoms with Gasteiger partial charge in [0.2, 0.25) is 0 Å². The molecule has 1 atom stereocenters. The first-order valence-corrected chi connectivity index (χ1v) is 8.46. The standard InChI is InChI=1S/C18H23FN4O2/c1-12(21-18(25)17-20-7-10-22(17)2)15-11-13(19)3-4-16(15)23-8-5-14(24)6-9-23/h3-4,7,10-12,14,24H,5-6,8-9H2,1-2H3,(H,21,25). The number of imidazole rings is 1. The summed E-state index contributed by atoms with van der Waals surface area (Å²) >= 11 is 0. The van der Waals surface area contributed by atoms with Gasteiger partial charge in [-0.2, -0.15) is 0 Å². The van der Waals surface area contributed by atoms with Crippen molar-refractivity contribution in [1.82, 2.24) is 14.9 Å². The van der Waals surface area contributed by atoms with Gasteiger partial charge in [-0.15, -0.1) is 0 Å². The van der Waals surface area contributed by atoms with E-state index in [0.717, 1.165) is 11.3 Å². The number of piperidine rings is 1. The lowest BCUT2D eigenvalue weighted by molar-refractivity contribution is 0.0926. The molecular formula is C18H23FN4O2.